The molecule has 0 bridgehead atoms. The molecule has 0 saturated carbocycles. The van der Waals surface area contributed by atoms with E-state index in [1.54, 1.807) is 13.0 Å². The minimum atomic E-state index is -0.234. The molecule has 0 aliphatic heterocycles. The van der Waals surface area contributed by atoms with Crippen LogP contribution in [0, 0.1) is 12.7 Å². The van der Waals surface area contributed by atoms with E-state index in [1.807, 2.05) is 12.1 Å². The Bertz CT molecular complexity index is 674. The van der Waals surface area contributed by atoms with Crippen LogP contribution in [0.5, 0.6) is 0 Å². The Labute approximate surface area is 148 Å². The standard InChI is InChI=1S/C19H24FN3S/c1-14-9-10-16(12-18(14)20)22-19(24)21-13-17(23(2)3)11-15-7-5-4-6-8-15/h4-10,12,17H,11,13H2,1-3H3,(H2,21,22,24)/p+1/t17-/m1/s1. The molecule has 0 amide bonds. The Kier molecular flexibility index (Phi) is 6.70. The van der Waals surface area contributed by atoms with Gasteiger partial charge in [-0.25, -0.2) is 4.39 Å². The second-order valence-corrected chi connectivity index (χ2v) is 6.67. The molecule has 2 aromatic rings. The third-order valence-electron chi connectivity index (χ3n) is 4.08. The number of rotatable bonds is 6. The highest BCUT2D eigenvalue weighted by molar-refractivity contribution is 7.80. The fourth-order valence-electron chi connectivity index (χ4n) is 2.44. The maximum atomic E-state index is 13.6. The monoisotopic (exact) mass is 346 g/mol. The maximum absolute atomic E-state index is 13.6. The molecule has 1 atom stereocenters. The summed E-state index contributed by atoms with van der Waals surface area (Å²) in [5.41, 5.74) is 2.59. The van der Waals surface area contributed by atoms with Gasteiger partial charge in [-0.05, 0) is 42.4 Å². The van der Waals surface area contributed by atoms with Crippen molar-refractivity contribution in [1.29, 1.82) is 0 Å². The minimum Gasteiger partial charge on any atom is -0.356 e. The average Bonchev–Trinajstić information content (AvgIpc) is 2.55. The zero-order chi connectivity index (χ0) is 17.5. The van der Waals surface area contributed by atoms with Crippen LogP contribution in [0.2, 0.25) is 0 Å². The third-order valence-corrected chi connectivity index (χ3v) is 4.33. The van der Waals surface area contributed by atoms with Gasteiger partial charge in [0.15, 0.2) is 5.11 Å². The van der Waals surface area contributed by atoms with Crippen LogP contribution in [0.3, 0.4) is 0 Å². The van der Waals surface area contributed by atoms with Gasteiger partial charge in [-0.1, -0.05) is 36.4 Å². The van der Waals surface area contributed by atoms with Crippen molar-refractivity contribution in [3.63, 3.8) is 0 Å². The summed E-state index contributed by atoms with van der Waals surface area (Å²) in [6.45, 7) is 2.49. The van der Waals surface area contributed by atoms with Crippen molar-refractivity contribution in [1.82, 2.24) is 5.32 Å². The zero-order valence-corrected chi connectivity index (χ0v) is 15.2. The van der Waals surface area contributed by atoms with Gasteiger partial charge in [0.25, 0.3) is 0 Å². The summed E-state index contributed by atoms with van der Waals surface area (Å²) < 4.78 is 13.6. The van der Waals surface area contributed by atoms with Crippen molar-refractivity contribution >= 4 is 23.0 Å². The highest BCUT2D eigenvalue weighted by atomic mass is 32.1. The number of nitrogens with one attached hydrogen (secondary N) is 3. The number of benzene rings is 2. The van der Waals surface area contributed by atoms with E-state index in [-0.39, 0.29) is 5.82 Å². The molecule has 0 saturated heterocycles. The quantitative estimate of drug-likeness (QED) is 0.700. The van der Waals surface area contributed by atoms with Crippen LogP contribution in [0.25, 0.3) is 0 Å². The summed E-state index contributed by atoms with van der Waals surface area (Å²) in [5.74, 6) is -0.234. The van der Waals surface area contributed by atoms with Gasteiger partial charge in [-0.3, -0.25) is 0 Å². The first-order valence-electron chi connectivity index (χ1n) is 8.10. The Morgan fingerprint density at radius 2 is 1.88 bits per heavy atom. The molecular weight excluding hydrogens is 321 g/mol. The molecule has 2 aromatic carbocycles. The Morgan fingerprint density at radius 1 is 1.17 bits per heavy atom. The molecule has 0 fully saturated rings. The number of quaternary nitrogens is 1. The number of likely N-dealkylation sites (N-methyl/N-ethyl adjacent to an activating group) is 1. The molecule has 0 heterocycles. The normalized spacial score (nSPS) is 12.0. The lowest BCUT2D eigenvalue weighted by atomic mass is 10.1. The van der Waals surface area contributed by atoms with Crippen LogP contribution in [-0.2, 0) is 6.42 Å². The van der Waals surface area contributed by atoms with Gasteiger partial charge in [0, 0.05) is 12.1 Å². The lowest BCUT2D eigenvalue weighted by Gasteiger charge is -2.23. The van der Waals surface area contributed by atoms with Crippen molar-refractivity contribution in [3.8, 4) is 0 Å². The average molecular weight is 346 g/mol. The number of aryl methyl sites for hydroxylation is 1. The first-order valence-corrected chi connectivity index (χ1v) is 8.51. The second kappa shape index (κ2) is 8.76. The van der Waals surface area contributed by atoms with Gasteiger partial charge in [0.2, 0.25) is 0 Å². The number of halogens is 1. The zero-order valence-electron chi connectivity index (χ0n) is 14.4. The van der Waals surface area contributed by atoms with Crippen molar-refractivity contribution < 1.29 is 9.29 Å². The molecular formula is C19H25FN3S+. The lowest BCUT2D eigenvalue weighted by Crippen LogP contribution is -3.11. The van der Waals surface area contributed by atoms with E-state index in [2.05, 4.69) is 49.0 Å². The molecule has 0 spiro atoms. The van der Waals surface area contributed by atoms with Crippen LogP contribution in [0.1, 0.15) is 11.1 Å². The van der Waals surface area contributed by atoms with Crippen molar-refractivity contribution in [2.75, 3.05) is 26.0 Å². The van der Waals surface area contributed by atoms with Crippen LogP contribution >= 0.6 is 12.2 Å². The van der Waals surface area contributed by atoms with Crippen LogP contribution in [0.4, 0.5) is 10.1 Å². The van der Waals surface area contributed by atoms with Gasteiger partial charge in [0.1, 0.15) is 11.9 Å². The van der Waals surface area contributed by atoms with Gasteiger partial charge in [-0.15, -0.1) is 0 Å². The summed E-state index contributed by atoms with van der Waals surface area (Å²) in [4.78, 5) is 1.36. The Morgan fingerprint density at radius 3 is 2.50 bits per heavy atom. The van der Waals surface area contributed by atoms with Crippen molar-refractivity contribution in [2.24, 2.45) is 0 Å². The Balaban J connectivity index is 1.89. The van der Waals surface area contributed by atoms with E-state index in [1.165, 1.54) is 16.5 Å². The molecule has 0 aliphatic rings. The largest absolute Gasteiger partial charge is 0.356 e. The predicted molar refractivity (Wildman–Crippen MR) is 102 cm³/mol. The number of hydrogen-bond donors (Lipinski definition) is 3. The highest BCUT2D eigenvalue weighted by Crippen LogP contribution is 2.13. The SMILES string of the molecule is Cc1ccc(NC(=S)NC[C@@H](Cc2ccccc2)[NH+](C)C)cc1F. The van der Waals surface area contributed by atoms with Gasteiger partial charge < -0.3 is 15.5 Å². The van der Waals surface area contributed by atoms with Gasteiger partial charge in [0.05, 0.1) is 20.6 Å². The molecule has 5 heteroatoms. The topological polar surface area (TPSA) is 28.5 Å². The minimum absolute atomic E-state index is 0.234. The number of thiocarbonyl (C=S) groups is 1. The van der Waals surface area contributed by atoms with Crippen molar-refractivity contribution in [2.45, 2.75) is 19.4 Å². The van der Waals surface area contributed by atoms with E-state index >= 15 is 0 Å². The summed E-state index contributed by atoms with van der Waals surface area (Å²) in [6.07, 6.45) is 0.970. The first-order chi connectivity index (χ1) is 11.5. The smallest absolute Gasteiger partial charge is 0.170 e. The summed E-state index contributed by atoms with van der Waals surface area (Å²) in [6, 6.07) is 15.8. The van der Waals surface area contributed by atoms with Crippen LogP contribution in [-0.4, -0.2) is 31.8 Å². The van der Waals surface area contributed by atoms with E-state index in [4.69, 9.17) is 12.2 Å². The molecule has 0 unspecified atom stereocenters. The number of hydrogen-bond acceptors (Lipinski definition) is 1. The molecule has 2 rings (SSSR count). The first kappa shape index (κ1) is 18.4. The summed E-state index contributed by atoms with van der Waals surface area (Å²) in [7, 11) is 4.28. The predicted octanol–water partition coefficient (Wildman–Crippen LogP) is 2.18. The maximum Gasteiger partial charge on any atom is 0.170 e. The summed E-state index contributed by atoms with van der Waals surface area (Å²) >= 11 is 5.33. The third kappa shape index (κ3) is 5.58. The van der Waals surface area contributed by atoms with Crippen LogP contribution < -0.4 is 15.5 Å². The van der Waals surface area contributed by atoms with E-state index in [0.29, 0.717) is 22.4 Å². The molecule has 0 radical (unpaired) electrons. The Hall–Kier alpha value is -1.98. The fourth-order valence-corrected chi connectivity index (χ4v) is 2.64. The lowest BCUT2D eigenvalue weighted by molar-refractivity contribution is -0.884. The van der Waals surface area contributed by atoms with Gasteiger partial charge >= 0.3 is 0 Å². The second-order valence-electron chi connectivity index (χ2n) is 6.26. The molecule has 0 aromatic heterocycles. The van der Waals surface area contributed by atoms with E-state index in [0.717, 1.165) is 13.0 Å². The molecule has 3 nitrogen and oxygen atoms in total. The van der Waals surface area contributed by atoms with E-state index in [9.17, 15) is 4.39 Å². The van der Waals surface area contributed by atoms with E-state index < -0.39 is 0 Å². The van der Waals surface area contributed by atoms with Crippen molar-refractivity contribution in [3.05, 3.63) is 65.5 Å². The number of anilines is 1. The fraction of sp³-hybridized carbons (Fsp3) is 0.316. The van der Waals surface area contributed by atoms with Crippen LogP contribution in [0.15, 0.2) is 48.5 Å². The highest BCUT2D eigenvalue weighted by Gasteiger charge is 2.16. The molecule has 0 aliphatic carbocycles. The van der Waals surface area contributed by atoms with Gasteiger partial charge in [-0.2, -0.15) is 0 Å². The molecule has 128 valence electrons. The molecule has 3 N–H and O–H groups in total. The summed E-state index contributed by atoms with van der Waals surface area (Å²) in [5, 5.41) is 6.79. The molecule has 24 heavy (non-hydrogen) atoms.